The van der Waals surface area contributed by atoms with Crippen LogP contribution in [-0.2, 0) is 22.3 Å². The van der Waals surface area contributed by atoms with E-state index in [-0.39, 0.29) is 41.8 Å². The van der Waals surface area contributed by atoms with Crippen molar-refractivity contribution in [2.24, 2.45) is 5.92 Å². The van der Waals surface area contributed by atoms with Gasteiger partial charge in [-0.05, 0) is 66.9 Å². The predicted octanol–water partition coefficient (Wildman–Crippen LogP) is 5.77. The van der Waals surface area contributed by atoms with Crippen LogP contribution in [0.25, 0.3) is 6.08 Å². The summed E-state index contributed by atoms with van der Waals surface area (Å²) in [6.45, 7) is -0.434. The molecule has 0 atom stereocenters. The number of carbonyl (C=O) groups is 3. The van der Waals surface area contributed by atoms with Crippen LogP contribution in [0.1, 0.15) is 29.5 Å². The van der Waals surface area contributed by atoms with Crippen LogP contribution in [0.15, 0.2) is 60.3 Å². The second-order valence-electron chi connectivity index (χ2n) is 9.91. The lowest BCUT2D eigenvalue weighted by Gasteiger charge is -2.20. The molecular formula is C29H25F3N4O6. The first-order valence-corrected chi connectivity index (χ1v) is 12.8. The number of ether oxygens (including phenoxy) is 2. The average molecular weight is 583 g/mol. The third-order valence-electron chi connectivity index (χ3n) is 6.48. The van der Waals surface area contributed by atoms with E-state index in [0.717, 1.165) is 29.9 Å². The third kappa shape index (κ3) is 6.97. The smallest absolute Gasteiger partial charge is 0.416 e. The van der Waals surface area contributed by atoms with Gasteiger partial charge in [0, 0.05) is 43.0 Å². The molecule has 2 heterocycles. The van der Waals surface area contributed by atoms with Gasteiger partial charge in [0.2, 0.25) is 5.91 Å². The first-order chi connectivity index (χ1) is 19.9. The molecule has 5 rings (SSSR count). The molecule has 218 valence electrons. The Morgan fingerprint density at radius 3 is 2.55 bits per heavy atom. The molecule has 10 nitrogen and oxygen atoms in total. The Hall–Kier alpha value is -5.07. The van der Waals surface area contributed by atoms with Gasteiger partial charge in [0.05, 0.1) is 11.1 Å². The maximum Gasteiger partial charge on any atom is 0.416 e. The summed E-state index contributed by atoms with van der Waals surface area (Å²) < 4.78 is 52.1. The number of anilines is 2. The van der Waals surface area contributed by atoms with Crippen LogP contribution in [0.2, 0.25) is 0 Å². The lowest BCUT2D eigenvalue weighted by atomic mass is 10.1. The Morgan fingerprint density at radius 1 is 1.07 bits per heavy atom. The number of rotatable bonds is 8. The van der Waals surface area contributed by atoms with Crippen molar-refractivity contribution in [3.63, 3.8) is 0 Å². The molecule has 1 fully saturated rings. The lowest BCUT2D eigenvalue weighted by Crippen LogP contribution is -2.25. The number of amides is 3. The number of halogens is 3. The fourth-order valence-corrected chi connectivity index (χ4v) is 4.18. The van der Waals surface area contributed by atoms with Crippen LogP contribution < -0.4 is 20.1 Å². The number of fused-ring (bicyclic) bond motifs is 1. The molecule has 0 radical (unpaired) electrons. The van der Waals surface area contributed by atoms with Crippen LogP contribution in [0.3, 0.4) is 0 Å². The zero-order valence-corrected chi connectivity index (χ0v) is 22.2. The molecule has 0 bridgehead atoms. The highest BCUT2D eigenvalue weighted by molar-refractivity contribution is 6.07. The minimum absolute atomic E-state index is 0.0180. The number of hydrogen-bond acceptors (Lipinski definition) is 6. The maximum absolute atomic E-state index is 13.5. The van der Waals surface area contributed by atoms with Gasteiger partial charge in [-0.25, -0.2) is 9.78 Å². The van der Waals surface area contributed by atoms with Crippen LogP contribution in [0, 0.1) is 5.92 Å². The topological polar surface area (TPSA) is 130 Å². The summed E-state index contributed by atoms with van der Waals surface area (Å²) in [7, 11) is 1.22. The van der Waals surface area contributed by atoms with E-state index >= 15 is 0 Å². The van der Waals surface area contributed by atoms with Gasteiger partial charge in [0.1, 0.15) is 29.7 Å². The van der Waals surface area contributed by atoms with E-state index in [1.165, 1.54) is 19.3 Å². The fourth-order valence-electron chi connectivity index (χ4n) is 4.18. The van der Waals surface area contributed by atoms with Gasteiger partial charge in [0.15, 0.2) is 0 Å². The highest BCUT2D eigenvalue weighted by atomic mass is 19.4. The minimum atomic E-state index is -4.71. The molecule has 1 aliphatic heterocycles. The van der Waals surface area contributed by atoms with Crippen molar-refractivity contribution in [1.29, 1.82) is 0 Å². The summed E-state index contributed by atoms with van der Waals surface area (Å²) in [4.78, 5) is 41.2. The number of benzene rings is 2. The van der Waals surface area contributed by atoms with E-state index in [2.05, 4.69) is 15.6 Å². The fraction of sp³-hybridized carbons (Fsp3) is 0.241. The summed E-state index contributed by atoms with van der Waals surface area (Å²) in [6, 6.07) is 11.1. The molecule has 3 aromatic rings. The van der Waals surface area contributed by atoms with Crippen LogP contribution in [0.4, 0.5) is 29.5 Å². The number of hydrogen-bond donors (Lipinski definition) is 3. The molecule has 0 spiro atoms. The molecule has 3 amide bonds. The summed E-state index contributed by atoms with van der Waals surface area (Å²) in [5.41, 5.74) is -0.461. The molecule has 2 aliphatic rings. The first-order valence-electron chi connectivity index (χ1n) is 12.8. The van der Waals surface area contributed by atoms with Crippen molar-refractivity contribution >= 4 is 35.5 Å². The molecule has 42 heavy (non-hydrogen) atoms. The molecule has 13 heteroatoms. The van der Waals surface area contributed by atoms with Crippen molar-refractivity contribution in [2.45, 2.75) is 25.6 Å². The van der Waals surface area contributed by atoms with Crippen LogP contribution >= 0.6 is 0 Å². The second-order valence-corrected chi connectivity index (χ2v) is 9.91. The van der Waals surface area contributed by atoms with E-state index < -0.39 is 23.7 Å². The van der Waals surface area contributed by atoms with Gasteiger partial charge >= 0.3 is 12.3 Å². The van der Waals surface area contributed by atoms with Crippen LogP contribution in [-0.4, -0.2) is 46.6 Å². The number of carboxylic acid groups (broad SMARTS) is 1. The van der Waals surface area contributed by atoms with Gasteiger partial charge in [-0.1, -0.05) is 0 Å². The van der Waals surface area contributed by atoms with Crippen LogP contribution in [0.5, 0.6) is 17.2 Å². The van der Waals surface area contributed by atoms with E-state index in [9.17, 15) is 27.6 Å². The number of nitrogens with zero attached hydrogens (tertiary/aromatic N) is 2. The zero-order valence-electron chi connectivity index (χ0n) is 22.2. The highest BCUT2D eigenvalue weighted by Crippen LogP contribution is 2.35. The Labute approximate surface area is 237 Å². The molecule has 0 saturated heterocycles. The van der Waals surface area contributed by atoms with Gasteiger partial charge in [-0.2, -0.15) is 13.2 Å². The van der Waals surface area contributed by atoms with E-state index in [1.807, 2.05) is 0 Å². The Bertz CT molecular complexity index is 1590. The monoisotopic (exact) mass is 582 g/mol. The normalized spacial score (nSPS) is 14.1. The van der Waals surface area contributed by atoms with Gasteiger partial charge in [0.25, 0.3) is 5.91 Å². The molecule has 3 N–H and O–H groups in total. The zero-order chi connectivity index (χ0) is 30.0. The molecule has 1 saturated carbocycles. The quantitative estimate of drug-likeness (QED) is 0.308. The first kappa shape index (κ1) is 28.5. The number of pyridine rings is 1. The summed E-state index contributed by atoms with van der Waals surface area (Å²) in [5, 5.41) is 14.3. The minimum Gasteiger partial charge on any atom is -0.488 e. The molecular weight excluding hydrogens is 557 g/mol. The standard InChI is InChI=1S/C29H25F3N4O6/c1-36(28(39)40)14-16-8-20(29(30,31)32)12-21(9-16)34-27(38)19-10-18-11-22(4-5-24(18)41-15-19)42-23-6-7-33-25(13-23)35-26(37)17-2-3-17/h4-13,17H,2-3,14-15H2,1H3,(H,34,38)(H,39,40)(H,33,35,37). The largest absolute Gasteiger partial charge is 0.488 e. The molecule has 1 aromatic heterocycles. The summed E-state index contributed by atoms with van der Waals surface area (Å²) in [5.74, 6) is 0.907. The summed E-state index contributed by atoms with van der Waals surface area (Å²) in [6.07, 6.45) is -1.26. The summed E-state index contributed by atoms with van der Waals surface area (Å²) >= 11 is 0. The van der Waals surface area contributed by atoms with E-state index in [4.69, 9.17) is 14.6 Å². The van der Waals surface area contributed by atoms with E-state index in [0.29, 0.717) is 28.6 Å². The number of alkyl halides is 3. The second kappa shape index (κ2) is 11.4. The Balaban J connectivity index is 1.32. The number of nitrogens with one attached hydrogen (secondary N) is 2. The average Bonchev–Trinajstić information content (AvgIpc) is 3.78. The van der Waals surface area contributed by atoms with Gasteiger partial charge in [-0.15, -0.1) is 0 Å². The molecule has 2 aromatic carbocycles. The lowest BCUT2D eigenvalue weighted by molar-refractivity contribution is -0.137. The third-order valence-corrected chi connectivity index (χ3v) is 6.48. The SMILES string of the molecule is CN(Cc1cc(NC(=O)C2=Cc3cc(Oc4ccnc(NC(=O)C5CC5)c4)ccc3OC2)cc(C(F)(F)F)c1)C(=O)O. The van der Waals surface area contributed by atoms with E-state index in [1.54, 1.807) is 36.4 Å². The van der Waals surface area contributed by atoms with Crippen molar-refractivity contribution in [1.82, 2.24) is 9.88 Å². The van der Waals surface area contributed by atoms with Crippen molar-refractivity contribution < 1.29 is 42.1 Å². The maximum atomic E-state index is 13.5. The van der Waals surface area contributed by atoms with Gasteiger partial charge < -0.3 is 30.1 Å². The Morgan fingerprint density at radius 2 is 1.83 bits per heavy atom. The highest BCUT2D eigenvalue weighted by Gasteiger charge is 2.32. The Kier molecular flexibility index (Phi) is 7.74. The predicted molar refractivity (Wildman–Crippen MR) is 145 cm³/mol. The number of carbonyl (C=O) groups excluding carboxylic acids is 2. The van der Waals surface area contributed by atoms with Gasteiger partial charge in [-0.3, -0.25) is 9.59 Å². The van der Waals surface area contributed by atoms with Crippen molar-refractivity contribution in [3.8, 4) is 17.2 Å². The molecule has 0 unspecified atom stereocenters. The molecule has 1 aliphatic carbocycles. The number of aromatic nitrogens is 1. The van der Waals surface area contributed by atoms with Crippen molar-refractivity contribution in [2.75, 3.05) is 24.3 Å². The van der Waals surface area contributed by atoms with Crippen molar-refractivity contribution in [3.05, 3.63) is 77.0 Å².